The Morgan fingerprint density at radius 2 is 0.785 bits per heavy atom. The maximum Gasteiger partial charge on any atom is 0.220 e. The molecule has 7 atom stereocenters. The van der Waals surface area contributed by atoms with Crippen LogP contribution < -0.4 is 5.32 Å². The molecule has 1 amide bonds. The zero-order valence-corrected chi connectivity index (χ0v) is 50.6. The Morgan fingerprint density at radius 1 is 0.443 bits per heavy atom. The van der Waals surface area contributed by atoms with Crippen molar-refractivity contribution in [2.75, 3.05) is 13.2 Å². The fourth-order valence-electron chi connectivity index (χ4n) is 9.76. The summed E-state index contributed by atoms with van der Waals surface area (Å²) in [5, 5.41) is 54.7. The van der Waals surface area contributed by atoms with Gasteiger partial charge in [-0.25, -0.2) is 0 Å². The second-order valence-corrected chi connectivity index (χ2v) is 22.2. The maximum absolute atomic E-state index is 13.1. The summed E-state index contributed by atoms with van der Waals surface area (Å²) in [5.41, 5.74) is 0. The zero-order valence-electron chi connectivity index (χ0n) is 50.6. The van der Waals surface area contributed by atoms with Crippen molar-refractivity contribution in [1.29, 1.82) is 0 Å². The van der Waals surface area contributed by atoms with Gasteiger partial charge in [-0.2, -0.15) is 0 Å². The van der Waals surface area contributed by atoms with Gasteiger partial charge < -0.3 is 40.3 Å². The van der Waals surface area contributed by atoms with E-state index in [0.29, 0.717) is 6.42 Å². The predicted octanol–water partition coefficient (Wildman–Crippen LogP) is 17.3. The van der Waals surface area contributed by atoms with Crippen LogP contribution in [0, 0.1) is 0 Å². The van der Waals surface area contributed by atoms with Crippen molar-refractivity contribution < 1.29 is 39.8 Å². The molecule has 9 nitrogen and oxygen atoms in total. The maximum atomic E-state index is 13.1. The third-order valence-electron chi connectivity index (χ3n) is 14.9. The van der Waals surface area contributed by atoms with Crippen LogP contribution in [0.4, 0.5) is 0 Å². The number of ether oxygens (including phenoxy) is 2. The standard InChI is InChI=1S/C70H121NO8/c1-3-5-7-9-11-13-15-17-19-21-23-25-26-27-28-29-30-31-32-33-34-35-36-37-38-40-42-44-46-48-50-52-54-56-58-60-66(74)71-63(62-78-70-69(77)68(76)67(75)65(61-72)79-70)64(73)59-57-55-53-51-49-47-45-43-41-39-24-22-20-18-16-14-12-10-8-6-4-2/h5,7,11,13,17,19,23,25,27-28,30-31,33-34,36-37,57,59,63-65,67-70,72-73,75-77H,3-4,6,8-10,12,14-16,18,20-22,24,26,29,32,35,38-56,58,60-62H2,1-2H3,(H,71,74)/b7-5-,13-11-,19-17-,25-23-,28-27-,31-30-,34-33-,37-36-,59-57+. The van der Waals surface area contributed by atoms with Crippen molar-refractivity contribution >= 4 is 5.91 Å². The Labute approximate surface area is 485 Å². The second kappa shape index (κ2) is 58.1. The molecule has 0 spiro atoms. The van der Waals surface area contributed by atoms with Crippen molar-refractivity contribution in [3.63, 3.8) is 0 Å². The van der Waals surface area contributed by atoms with Crippen molar-refractivity contribution in [2.45, 2.75) is 314 Å². The van der Waals surface area contributed by atoms with E-state index in [0.717, 1.165) is 103 Å². The zero-order chi connectivity index (χ0) is 57.2. The molecule has 9 heteroatoms. The first kappa shape index (κ1) is 73.9. The lowest BCUT2D eigenvalue weighted by Crippen LogP contribution is -2.60. The Hall–Kier alpha value is -3.15. The Bertz CT molecular complexity index is 1610. The van der Waals surface area contributed by atoms with E-state index in [-0.39, 0.29) is 12.5 Å². The summed E-state index contributed by atoms with van der Waals surface area (Å²) in [6.45, 7) is 3.68. The highest BCUT2D eigenvalue weighted by Gasteiger charge is 2.44. The summed E-state index contributed by atoms with van der Waals surface area (Å²) in [7, 11) is 0. The van der Waals surface area contributed by atoms with E-state index < -0.39 is 49.5 Å². The quantitative estimate of drug-likeness (QED) is 0.0261. The summed E-state index contributed by atoms with van der Waals surface area (Å²) in [5.74, 6) is -0.184. The van der Waals surface area contributed by atoms with E-state index in [1.54, 1.807) is 6.08 Å². The van der Waals surface area contributed by atoms with Crippen molar-refractivity contribution in [2.24, 2.45) is 0 Å². The lowest BCUT2D eigenvalue weighted by Gasteiger charge is -2.40. The number of allylic oxidation sites excluding steroid dienone is 17. The van der Waals surface area contributed by atoms with E-state index in [1.807, 2.05) is 6.08 Å². The van der Waals surface area contributed by atoms with Gasteiger partial charge in [0.15, 0.2) is 6.29 Å². The highest BCUT2D eigenvalue weighted by molar-refractivity contribution is 5.76. The van der Waals surface area contributed by atoms with Crippen LogP contribution >= 0.6 is 0 Å². The SMILES string of the molecule is CC/C=C\C/C=C\C/C=C\C/C=C\C/C=C\C/C=C\C/C=C\C/C=C\CCCCCCCCCCCCC(=O)NC(COC1OC(CO)C(O)C(O)C1O)C(O)/C=C/CCCCCCCCCCCCCCCCCCCCC. The van der Waals surface area contributed by atoms with E-state index in [9.17, 15) is 30.3 Å². The fraction of sp³-hybridized carbons (Fsp3) is 0.729. The van der Waals surface area contributed by atoms with Crippen LogP contribution in [-0.2, 0) is 14.3 Å². The first-order valence-electron chi connectivity index (χ1n) is 32.6. The van der Waals surface area contributed by atoms with Crippen LogP contribution in [0.15, 0.2) is 109 Å². The number of aliphatic hydroxyl groups is 5. The van der Waals surface area contributed by atoms with Crippen molar-refractivity contribution in [3.05, 3.63) is 109 Å². The molecule has 1 saturated heterocycles. The van der Waals surface area contributed by atoms with Gasteiger partial charge in [0, 0.05) is 6.42 Å². The van der Waals surface area contributed by atoms with Crippen LogP contribution in [-0.4, -0.2) is 87.5 Å². The van der Waals surface area contributed by atoms with Gasteiger partial charge in [-0.3, -0.25) is 4.79 Å². The molecule has 0 aromatic rings. The van der Waals surface area contributed by atoms with Crippen molar-refractivity contribution in [3.8, 4) is 0 Å². The van der Waals surface area contributed by atoms with Crippen LogP contribution in [0.2, 0.25) is 0 Å². The summed E-state index contributed by atoms with van der Waals surface area (Å²) in [6, 6.07) is -0.815. The normalized spacial score (nSPS) is 19.3. The molecule has 1 fully saturated rings. The van der Waals surface area contributed by atoms with Gasteiger partial charge in [0.05, 0.1) is 25.4 Å². The third-order valence-corrected chi connectivity index (χ3v) is 14.9. The molecule has 1 rings (SSSR count). The minimum absolute atomic E-state index is 0.184. The first-order valence-corrected chi connectivity index (χ1v) is 32.6. The minimum Gasteiger partial charge on any atom is -0.394 e. The number of rotatable bonds is 55. The molecule has 0 aromatic heterocycles. The third kappa shape index (κ3) is 47.1. The Morgan fingerprint density at radius 3 is 1.16 bits per heavy atom. The first-order chi connectivity index (χ1) is 38.8. The van der Waals surface area contributed by atoms with Crippen LogP contribution in [0.1, 0.15) is 271 Å². The van der Waals surface area contributed by atoms with E-state index in [2.05, 4.69) is 116 Å². The number of carbonyl (C=O) groups is 1. The van der Waals surface area contributed by atoms with Gasteiger partial charge in [-0.05, 0) is 83.5 Å². The molecule has 1 aliphatic heterocycles. The minimum atomic E-state index is -1.57. The van der Waals surface area contributed by atoms with Gasteiger partial charge in [0.1, 0.15) is 24.4 Å². The molecule has 454 valence electrons. The average Bonchev–Trinajstić information content (AvgIpc) is 3.47. The number of unbranched alkanes of at least 4 members (excludes halogenated alkanes) is 29. The second-order valence-electron chi connectivity index (χ2n) is 22.2. The van der Waals surface area contributed by atoms with Gasteiger partial charge in [-0.15, -0.1) is 0 Å². The monoisotopic (exact) mass is 1100 g/mol. The number of carbonyl (C=O) groups excluding carboxylic acids is 1. The number of hydrogen-bond donors (Lipinski definition) is 6. The van der Waals surface area contributed by atoms with Gasteiger partial charge in [0.2, 0.25) is 5.91 Å². The molecule has 1 aliphatic rings. The fourth-order valence-corrected chi connectivity index (χ4v) is 9.76. The van der Waals surface area contributed by atoms with Crippen LogP contribution in [0.3, 0.4) is 0 Å². The summed E-state index contributed by atoms with van der Waals surface area (Å²) < 4.78 is 11.3. The molecule has 7 unspecified atom stereocenters. The Kier molecular flexibility index (Phi) is 54.3. The molecule has 0 saturated carbocycles. The molecule has 0 aliphatic carbocycles. The molecular weight excluding hydrogens is 983 g/mol. The van der Waals surface area contributed by atoms with E-state index in [1.165, 1.54) is 148 Å². The number of nitrogens with one attached hydrogen (secondary N) is 1. The topological polar surface area (TPSA) is 149 Å². The Balaban J connectivity index is 2.18. The number of hydrogen-bond acceptors (Lipinski definition) is 8. The van der Waals surface area contributed by atoms with Gasteiger partial charge in [-0.1, -0.05) is 290 Å². The van der Waals surface area contributed by atoms with Crippen LogP contribution in [0.25, 0.3) is 0 Å². The lowest BCUT2D eigenvalue weighted by atomic mass is 9.99. The van der Waals surface area contributed by atoms with E-state index in [4.69, 9.17) is 9.47 Å². The summed E-state index contributed by atoms with van der Waals surface area (Å²) >= 11 is 0. The highest BCUT2D eigenvalue weighted by atomic mass is 16.7. The summed E-state index contributed by atoms with van der Waals surface area (Å²) in [6.07, 6.45) is 78.7. The molecule has 6 N–H and O–H groups in total. The highest BCUT2D eigenvalue weighted by Crippen LogP contribution is 2.23. The molecule has 0 bridgehead atoms. The number of aliphatic hydroxyl groups excluding tert-OH is 5. The smallest absolute Gasteiger partial charge is 0.220 e. The lowest BCUT2D eigenvalue weighted by molar-refractivity contribution is -0.302. The molecule has 0 aromatic carbocycles. The molecule has 0 radical (unpaired) electrons. The molecule has 1 heterocycles. The van der Waals surface area contributed by atoms with E-state index >= 15 is 0 Å². The molecular formula is C70H121NO8. The van der Waals surface area contributed by atoms with Gasteiger partial charge >= 0.3 is 0 Å². The van der Waals surface area contributed by atoms with Gasteiger partial charge in [0.25, 0.3) is 0 Å². The average molecular weight is 1100 g/mol. The van der Waals surface area contributed by atoms with Crippen molar-refractivity contribution in [1.82, 2.24) is 5.32 Å². The van der Waals surface area contributed by atoms with Crippen LogP contribution in [0.5, 0.6) is 0 Å². The molecule has 79 heavy (non-hydrogen) atoms. The largest absolute Gasteiger partial charge is 0.394 e. The summed E-state index contributed by atoms with van der Waals surface area (Å²) in [4.78, 5) is 13.1. The predicted molar refractivity (Wildman–Crippen MR) is 336 cm³/mol. The number of amides is 1.